The van der Waals surface area contributed by atoms with Gasteiger partial charge >= 0.3 is 11.9 Å². The molecule has 0 atom stereocenters. The van der Waals surface area contributed by atoms with E-state index >= 15 is 0 Å². The van der Waals surface area contributed by atoms with Crippen LogP contribution in [0.4, 0.5) is 0 Å². The molecule has 110 valence electrons. The average molecular weight is 345 g/mol. The van der Waals surface area contributed by atoms with Crippen LogP contribution in [0.3, 0.4) is 0 Å². The van der Waals surface area contributed by atoms with Gasteiger partial charge in [0.2, 0.25) is 5.41 Å². The van der Waals surface area contributed by atoms with E-state index in [2.05, 4.69) is 15.9 Å². The van der Waals surface area contributed by atoms with E-state index < -0.39 is 24.0 Å². The molecule has 0 aliphatic carbocycles. The van der Waals surface area contributed by atoms with E-state index in [-0.39, 0.29) is 13.2 Å². The van der Waals surface area contributed by atoms with Crippen molar-refractivity contribution in [1.29, 1.82) is 0 Å². The number of hydrogen-bond donors (Lipinski definition) is 1. The average Bonchev–Trinajstić information content (AvgIpc) is 2.43. The molecule has 1 aromatic rings. The van der Waals surface area contributed by atoms with Crippen molar-refractivity contribution in [3.8, 4) is 0 Å². The second kappa shape index (κ2) is 7.40. The summed E-state index contributed by atoms with van der Waals surface area (Å²) in [7, 11) is 0. The Morgan fingerprint density at radius 2 is 1.55 bits per heavy atom. The summed E-state index contributed by atoms with van der Waals surface area (Å²) in [6.45, 7) is 2.76. The normalized spacial score (nSPS) is 11.0. The van der Waals surface area contributed by atoms with Crippen LogP contribution in [-0.2, 0) is 24.5 Å². The lowest BCUT2D eigenvalue weighted by Crippen LogP contribution is -2.49. The van der Waals surface area contributed by atoms with Crippen LogP contribution in [0.2, 0.25) is 0 Å². The van der Waals surface area contributed by atoms with Gasteiger partial charge in [-0.2, -0.15) is 0 Å². The summed E-state index contributed by atoms with van der Waals surface area (Å²) in [5, 5.41) is 9.68. The second-order valence-corrected chi connectivity index (χ2v) is 4.93. The largest absolute Gasteiger partial charge is 0.465 e. The van der Waals surface area contributed by atoms with Crippen molar-refractivity contribution in [3.63, 3.8) is 0 Å². The lowest BCUT2D eigenvalue weighted by Gasteiger charge is -2.27. The molecule has 0 unspecified atom stereocenters. The van der Waals surface area contributed by atoms with Crippen molar-refractivity contribution in [2.45, 2.75) is 19.3 Å². The molecule has 0 fully saturated rings. The molecular formula is C14H17BrO5. The lowest BCUT2D eigenvalue weighted by molar-refractivity contribution is -0.167. The van der Waals surface area contributed by atoms with Crippen LogP contribution < -0.4 is 0 Å². The van der Waals surface area contributed by atoms with Gasteiger partial charge in [0, 0.05) is 4.47 Å². The van der Waals surface area contributed by atoms with Gasteiger partial charge in [-0.25, -0.2) is 0 Å². The highest BCUT2D eigenvalue weighted by Gasteiger charge is 2.50. The maximum absolute atomic E-state index is 12.2. The van der Waals surface area contributed by atoms with Crippen LogP contribution >= 0.6 is 15.9 Å². The predicted octanol–water partition coefficient (Wildman–Crippen LogP) is 1.81. The fraction of sp³-hybridized carbons (Fsp3) is 0.429. The fourth-order valence-electron chi connectivity index (χ4n) is 1.78. The molecule has 0 heterocycles. The van der Waals surface area contributed by atoms with Gasteiger partial charge in [0.15, 0.2) is 0 Å². The number of hydrogen-bond acceptors (Lipinski definition) is 5. The van der Waals surface area contributed by atoms with Gasteiger partial charge in [0.1, 0.15) is 0 Å². The minimum atomic E-state index is -1.84. The van der Waals surface area contributed by atoms with Gasteiger partial charge in [-0.3, -0.25) is 9.59 Å². The van der Waals surface area contributed by atoms with Gasteiger partial charge in [0.25, 0.3) is 0 Å². The Morgan fingerprint density at radius 1 is 1.10 bits per heavy atom. The fourth-order valence-corrected chi connectivity index (χ4v) is 2.05. The minimum Gasteiger partial charge on any atom is -0.465 e. The summed E-state index contributed by atoms with van der Waals surface area (Å²) in [6.07, 6.45) is 0. The summed E-state index contributed by atoms with van der Waals surface area (Å²) in [5.74, 6) is -1.63. The number of carbonyl (C=O) groups is 2. The van der Waals surface area contributed by atoms with Gasteiger partial charge in [-0.05, 0) is 31.5 Å². The first-order valence-corrected chi connectivity index (χ1v) is 7.03. The highest BCUT2D eigenvalue weighted by Crippen LogP contribution is 2.29. The van der Waals surface area contributed by atoms with E-state index in [9.17, 15) is 14.7 Å². The third-order valence-electron chi connectivity index (χ3n) is 2.82. The van der Waals surface area contributed by atoms with Gasteiger partial charge < -0.3 is 14.6 Å². The van der Waals surface area contributed by atoms with Crippen LogP contribution in [-0.4, -0.2) is 36.9 Å². The molecule has 0 saturated heterocycles. The van der Waals surface area contributed by atoms with E-state index in [0.29, 0.717) is 5.56 Å². The molecule has 0 radical (unpaired) electrons. The van der Waals surface area contributed by atoms with Crippen LogP contribution in [0, 0.1) is 0 Å². The highest BCUT2D eigenvalue weighted by atomic mass is 79.9. The maximum atomic E-state index is 12.2. The zero-order chi connectivity index (χ0) is 15.2. The van der Waals surface area contributed by atoms with E-state index in [1.807, 2.05) is 0 Å². The van der Waals surface area contributed by atoms with Gasteiger partial charge in [-0.1, -0.05) is 28.1 Å². The monoisotopic (exact) mass is 344 g/mol. The van der Waals surface area contributed by atoms with E-state index in [4.69, 9.17) is 9.47 Å². The predicted molar refractivity (Wildman–Crippen MR) is 76.2 cm³/mol. The number of esters is 2. The third-order valence-corrected chi connectivity index (χ3v) is 3.35. The van der Waals surface area contributed by atoms with E-state index in [1.54, 1.807) is 38.1 Å². The Labute approximate surface area is 126 Å². The molecule has 0 amide bonds. The molecule has 20 heavy (non-hydrogen) atoms. The van der Waals surface area contributed by atoms with Crippen LogP contribution in [0.15, 0.2) is 28.7 Å². The Kier molecular flexibility index (Phi) is 6.16. The van der Waals surface area contributed by atoms with Crippen molar-refractivity contribution in [3.05, 3.63) is 34.3 Å². The molecule has 0 aliphatic heterocycles. The van der Waals surface area contributed by atoms with Crippen molar-refractivity contribution in [2.75, 3.05) is 19.8 Å². The summed E-state index contributed by atoms with van der Waals surface area (Å²) in [6, 6.07) is 6.51. The standard InChI is InChI=1S/C14H17BrO5/c1-3-19-12(17)14(9-16,13(18)20-4-2)10-5-7-11(15)8-6-10/h5-8,16H,3-4,9H2,1-2H3. The van der Waals surface area contributed by atoms with Gasteiger partial charge in [-0.15, -0.1) is 0 Å². The summed E-state index contributed by atoms with van der Waals surface area (Å²) >= 11 is 3.27. The number of aliphatic hydroxyl groups is 1. The zero-order valence-electron chi connectivity index (χ0n) is 11.4. The van der Waals surface area contributed by atoms with Crippen molar-refractivity contribution in [2.24, 2.45) is 0 Å². The molecule has 1 rings (SSSR count). The van der Waals surface area contributed by atoms with E-state index in [0.717, 1.165) is 4.47 Å². The summed E-state index contributed by atoms with van der Waals surface area (Å²) in [4.78, 5) is 24.4. The second-order valence-electron chi connectivity index (χ2n) is 4.01. The lowest BCUT2D eigenvalue weighted by atomic mass is 9.81. The van der Waals surface area contributed by atoms with Crippen molar-refractivity contribution < 1.29 is 24.2 Å². The number of ether oxygens (including phenoxy) is 2. The molecule has 5 nitrogen and oxygen atoms in total. The Bertz CT molecular complexity index is 451. The van der Waals surface area contributed by atoms with E-state index in [1.165, 1.54) is 0 Å². The van der Waals surface area contributed by atoms with Crippen LogP contribution in [0.1, 0.15) is 19.4 Å². The minimum absolute atomic E-state index is 0.108. The first-order chi connectivity index (χ1) is 9.52. The smallest absolute Gasteiger partial charge is 0.330 e. The Morgan fingerprint density at radius 3 is 1.90 bits per heavy atom. The molecule has 0 bridgehead atoms. The molecule has 0 aliphatic rings. The van der Waals surface area contributed by atoms with Crippen molar-refractivity contribution in [1.82, 2.24) is 0 Å². The molecule has 6 heteroatoms. The highest BCUT2D eigenvalue weighted by molar-refractivity contribution is 9.10. The first kappa shape index (κ1) is 16.7. The Hall–Kier alpha value is -1.40. The topological polar surface area (TPSA) is 72.8 Å². The quantitative estimate of drug-likeness (QED) is 0.629. The van der Waals surface area contributed by atoms with Gasteiger partial charge in [0.05, 0.1) is 19.8 Å². The number of carbonyl (C=O) groups excluding carboxylic acids is 2. The summed E-state index contributed by atoms with van der Waals surface area (Å²) in [5.41, 5.74) is -1.51. The number of halogens is 1. The number of rotatable bonds is 6. The summed E-state index contributed by atoms with van der Waals surface area (Å²) < 4.78 is 10.7. The van der Waals surface area contributed by atoms with Crippen molar-refractivity contribution >= 4 is 27.9 Å². The SMILES string of the molecule is CCOC(=O)C(CO)(C(=O)OCC)c1ccc(Br)cc1. The molecular weight excluding hydrogens is 328 g/mol. The molecule has 0 saturated carbocycles. The number of benzene rings is 1. The molecule has 1 aromatic carbocycles. The third kappa shape index (κ3) is 3.19. The maximum Gasteiger partial charge on any atom is 0.330 e. The molecule has 0 spiro atoms. The van der Waals surface area contributed by atoms with Crippen LogP contribution in [0.25, 0.3) is 0 Å². The molecule has 1 N–H and O–H groups in total. The van der Waals surface area contributed by atoms with Crippen LogP contribution in [0.5, 0.6) is 0 Å². The zero-order valence-corrected chi connectivity index (χ0v) is 13.0. The number of aliphatic hydroxyl groups excluding tert-OH is 1. The molecule has 0 aromatic heterocycles. The Balaban J connectivity index is 3.33. The first-order valence-electron chi connectivity index (χ1n) is 6.24.